The SMILES string of the molecule is [C]#Cc1cc(OCCCCCCCCCCCC)c(OCCCCCCCCCCCC)c(OCCCCCCCCCCCC)c1. The average molecular weight is 654 g/mol. The lowest BCUT2D eigenvalue weighted by Gasteiger charge is -2.18. The summed E-state index contributed by atoms with van der Waals surface area (Å²) in [5.41, 5.74) is 0.687. The minimum atomic E-state index is 0.671. The summed E-state index contributed by atoms with van der Waals surface area (Å²) in [4.78, 5) is 0. The molecular formula is C44H77O3. The van der Waals surface area contributed by atoms with Crippen LogP contribution in [0.4, 0.5) is 0 Å². The van der Waals surface area contributed by atoms with Gasteiger partial charge in [-0.05, 0) is 37.8 Å². The monoisotopic (exact) mass is 654 g/mol. The largest absolute Gasteiger partial charge is 0.490 e. The molecule has 1 aromatic rings. The average Bonchev–Trinajstić information content (AvgIpc) is 3.09. The highest BCUT2D eigenvalue weighted by molar-refractivity contribution is 5.56. The van der Waals surface area contributed by atoms with Crippen LogP contribution in [0.1, 0.15) is 219 Å². The molecule has 271 valence electrons. The zero-order valence-electron chi connectivity index (χ0n) is 31.7. The van der Waals surface area contributed by atoms with Crippen molar-refractivity contribution < 1.29 is 14.2 Å². The molecule has 1 rings (SSSR count). The molecule has 0 heterocycles. The van der Waals surface area contributed by atoms with Gasteiger partial charge in [-0.1, -0.05) is 200 Å². The van der Waals surface area contributed by atoms with Gasteiger partial charge in [-0.15, -0.1) is 0 Å². The summed E-state index contributed by atoms with van der Waals surface area (Å²) in [6.07, 6.45) is 47.1. The van der Waals surface area contributed by atoms with Crippen LogP contribution in [0.2, 0.25) is 0 Å². The molecule has 0 aliphatic rings. The van der Waals surface area contributed by atoms with Gasteiger partial charge in [-0.25, -0.2) is 0 Å². The molecule has 0 atom stereocenters. The fourth-order valence-corrected chi connectivity index (χ4v) is 6.31. The van der Waals surface area contributed by atoms with Crippen LogP contribution in [-0.2, 0) is 0 Å². The molecule has 47 heavy (non-hydrogen) atoms. The topological polar surface area (TPSA) is 27.7 Å². The van der Waals surface area contributed by atoms with Gasteiger partial charge in [0.1, 0.15) is 0 Å². The van der Waals surface area contributed by atoms with Crippen molar-refractivity contribution >= 4 is 0 Å². The minimum absolute atomic E-state index is 0.671. The zero-order valence-corrected chi connectivity index (χ0v) is 31.7. The van der Waals surface area contributed by atoms with Gasteiger partial charge in [0.25, 0.3) is 0 Å². The molecule has 0 saturated carbocycles. The molecule has 0 aliphatic heterocycles. The number of ether oxygens (including phenoxy) is 3. The Kier molecular flexibility index (Phi) is 31.3. The van der Waals surface area contributed by atoms with Gasteiger partial charge in [0.2, 0.25) is 5.75 Å². The van der Waals surface area contributed by atoms with Crippen LogP contribution in [0.25, 0.3) is 0 Å². The quantitative estimate of drug-likeness (QED) is 0.0533. The molecule has 0 N–H and O–H groups in total. The number of rotatable bonds is 36. The maximum absolute atomic E-state index is 7.82. The smallest absolute Gasteiger partial charge is 0.203 e. The van der Waals surface area contributed by atoms with Crippen LogP contribution in [0, 0.1) is 12.3 Å². The van der Waals surface area contributed by atoms with Crippen LogP contribution in [0.5, 0.6) is 17.2 Å². The van der Waals surface area contributed by atoms with Crippen LogP contribution < -0.4 is 14.2 Å². The van der Waals surface area contributed by atoms with E-state index in [0.717, 1.165) is 25.0 Å². The summed E-state index contributed by atoms with van der Waals surface area (Å²) in [7, 11) is 0. The highest BCUT2D eigenvalue weighted by Gasteiger charge is 2.16. The number of hydrogen-bond donors (Lipinski definition) is 0. The Labute approximate surface area is 294 Å². The first-order valence-corrected chi connectivity index (χ1v) is 20.8. The Morgan fingerprint density at radius 3 is 0.915 bits per heavy atom. The third-order valence-electron chi connectivity index (χ3n) is 9.42. The second-order valence-electron chi connectivity index (χ2n) is 14.0. The summed E-state index contributed by atoms with van der Waals surface area (Å²) in [5, 5.41) is 0. The van der Waals surface area contributed by atoms with E-state index in [1.165, 1.54) is 173 Å². The summed E-state index contributed by atoms with van der Waals surface area (Å²) in [5.74, 6) is 4.71. The first-order valence-electron chi connectivity index (χ1n) is 20.8. The molecule has 0 fully saturated rings. The summed E-state index contributed by atoms with van der Waals surface area (Å²) in [6.45, 7) is 8.86. The summed E-state index contributed by atoms with van der Waals surface area (Å²) in [6, 6.07) is 3.81. The Hall–Kier alpha value is -1.82. The Morgan fingerprint density at radius 2 is 0.638 bits per heavy atom. The van der Waals surface area contributed by atoms with Crippen molar-refractivity contribution in [2.45, 2.75) is 213 Å². The molecule has 3 heteroatoms. The van der Waals surface area contributed by atoms with Crippen LogP contribution in [0.15, 0.2) is 12.1 Å². The predicted molar refractivity (Wildman–Crippen MR) is 205 cm³/mol. The fraction of sp³-hybridized carbons (Fsp3) is 0.818. The van der Waals surface area contributed by atoms with Crippen molar-refractivity contribution in [2.24, 2.45) is 0 Å². The molecule has 3 nitrogen and oxygen atoms in total. The molecule has 0 amide bonds. The molecule has 0 bridgehead atoms. The minimum Gasteiger partial charge on any atom is -0.490 e. The van der Waals surface area contributed by atoms with Crippen LogP contribution in [0.3, 0.4) is 0 Å². The van der Waals surface area contributed by atoms with E-state index < -0.39 is 0 Å². The molecule has 0 unspecified atom stereocenters. The molecule has 0 aliphatic carbocycles. The van der Waals surface area contributed by atoms with E-state index in [9.17, 15) is 0 Å². The third-order valence-corrected chi connectivity index (χ3v) is 9.42. The van der Waals surface area contributed by atoms with Crippen molar-refractivity contribution in [3.8, 4) is 23.2 Å². The molecule has 0 aromatic heterocycles. The molecule has 0 saturated heterocycles. The van der Waals surface area contributed by atoms with E-state index in [1.54, 1.807) is 0 Å². The summed E-state index contributed by atoms with van der Waals surface area (Å²) < 4.78 is 19.0. The number of benzene rings is 1. The molecular weight excluding hydrogens is 576 g/mol. The third kappa shape index (κ3) is 25.8. The van der Waals surface area contributed by atoms with Crippen molar-refractivity contribution in [1.29, 1.82) is 0 Å². The first kappa shape index (κ1) is 43.2. The van der Waals surface area contributed by atoms with E-state index in [-0.39, 0.29) is 0 Å². The predicted octanol–water partition coefficient (Wildman–Crippen LogP) is 14.5. The van der Waals surface area contributed by atoms with E-state index in [1.807, 2.05) is 12.1 Å². The van der Waals surface area contributed by atoms with E-state index in [0.29, 0.717) is 36.9 Å². The normalized spacial score (nSPS) is 11.1. The van der Waals surface area contributed by atoms with Gasteiger partial charge in [0.15, 0.2) is 11.5 Å². The van der Waals surface area contributed by atoms with Gasteiger partial charge in [0, 0.05) is 5.56 Å². The zero-order chi connectivity index (χ0) is 33.9. The maximum atomic E-state index is 7.82. The highest BCUT2D eigenvalue weighted by Crippen LogP contribution is 2.39. The van der Waals surface area contributed by atoms with Gasteiger partial charge in [-0.3, -0.25) is 0 Å². The van der Waals surface area contributed by atoms with Crippen molar-refractivity contribution in [3.63, 3.8) is 0 Å². The summed E-state index contributed by atoms with van der Waals surface area (Å²) >= 11 is 0. The molecule has 0 spiro atoms. The lowest BCUT2D eigenvalue weighted by Crippen LogP contribution is -2.07. The van der Waals surface area contributed by atoms with E-state index >= 15 is 0 Å². The first-order chi connectivity index (χ1) is 23.3. The number of unbranched alkanes of at least 4 members (excludes halogenated alkanes) is 27. The standard InChI is InChI=1S/C44H77O3/c1-5-9-12-15-18-21-24-27-30-33-36-45-42-39-41(8-4)40-43(46-37-34-31-28-25-22-19-16-13-10-6-2)44(42)47-38-35-32-29-26-23-20-17-14-11-7-3/h39-40H,5-7,9-38H2,1-3H3. The lowest BCUT2D eigenvalue weighted by atomic mass is 10.1. The van der Waals surface area contributed by atoms with E-state index in [4.69, 9.17) is 20.6 Å². The molecule has 1 radical (unpaired) electrons. The van der Waals surface area contributed by atoms with Gasteiger partial charge >= 0.3 is 0 Å². The van der Waals surface area contributed by atoms with Crippen molar-refractivity contribution in [3.05, 3.63) is 24.1 Å². The second-order valence-corrected chi connectivity index (χ2v) is 14.0. The Bertz CT molecular complexity index is 794. The van der Waals surface area contributed by atoms with Crippen LogP contribution >= 0.6 is 0 Å². The fourth-order valence-electron chi connectivity index (χ4n) is 6.31. The highest BCUT2D eigenvalue weighted by atomic mass is 16.5. The van der Waals surface area contributed by atoms with Gasteiger partial charge in [0.05, 0.1) is 19.8 Å². The Balaban J connectivity index is 2.54. The van der Waals surface area contributed by atoms with Gasteiger partial charge in [-0.2, -0.15) is 0 Å². The molecule has 1 aromatic carbocycles. The lowest BCUT2D eigenvalue weighted by molar-refractivity contribution is 0.234. The second kappa shape index (κ2) is 34.1. The number of hydrogen-bond acceptors (Lipinski definition) is 3. The van der Waals surface area contributed by atoms with Crippen LogP contribution in [-0.4, -0.2) is 19.8 Å². The van der Waals surface area contributed by atoms with E-state index in [2.05, 4.69) is 26.7 Å². The van der Waals surface area contributed by atoms with Gasteiger partial charge < -0.3 is 14.2 Å². The van der Waals surface area contributed by atoms with Crippen molar-refractivity contribution in [2.75, 3.05) is 19.8 Å². The maximum Gasteiger partial charge on any atom is 0.203 e. The van der Waals surface area contributed by atoms with Crippen molar-refractivity contribution in [1.82, 2.24) is 0 Å². The Morgan fingerprint density at radius 1 is 0.383 bits per heavy atom.